The van der Waals surface area contributed by atoms with Crippen LogP contribution in [0, 0.1) is 0 Å². The second-order valence-corrected chi connectivity index (χ2v) is 9.79. The summed E-state index contributed by atoms with van der Waals surface area (Å²) in [5.41, 5.74) is 1.64. The third kappa shape index (κ3) is 4.48. The van der Waals surface area contributed by atoms with Crippen molar-refractivity contribution in [3.8, 4) is 0 Å². The van der Waals surface area contributed by atoms with Gasteiger partial charge in [0.25, 0.3) is 5.91 Å². The molecule has 0 radical (unpaired) electrons. The van der Waals surface area contributed by atoms with Gasteiger partial charge in [0.15, 0.2) is 6.10 Å². The predicted molar refractivity (Wildman–Crippen MR) is 113 cm³/mol. The summed E-state index contributed by atoms with van der Waals surface area (Å²) in [6.45, 7) is 4.26. The molecule has 9 heteroatoms. The molecular formula is C22H24N2O6S. The zero-order valence-corrected chi connectivity index (χ0v) is 18.1. The number of morpholine rings is 1. The van der Waals surface area contributed by atoms with Crippen LogP contribution in [0.2, 0.25) is 0 Å². The molecule has 0 bridgehead atoms. The number of nitrogens with zero attached hydrogens (tertiary/aromatic N) is 1. The number of benzene rings is 2. The van der Waals surface area contributed by atoms with Crippen molar-refractivity contribution < 1.29 is 27.5 Å². The van der Waals surface area contributed by atoms with Crippen molar-refractivity contribution in [1.29, 1.82) is 0 Å². The van der Waals surface area contributed by atoms with E-state index in [0.29, 0.717) is 24.3 Å². The summed E-state index contributed by atoms with van der Waals surface area (Å²) in [5.74, 6) is -0.994. The molecule has 0 saturated carbocycles. The van der Waals surface area contributed by atoms with Gasteiger partial charge in [-0.15, -0.1) is 0 Å². The number of ether oxygens (including phenoxy) is 2. The van der Waals surface area contributed by atoms with Crippen molar-refractivity contribution in [2.45, 2.75) is 43.5 Å². The highest BCUT2D eigenvalue weighted by molar-refractivity contribution is 7.89. The fraction of sp³-hybridized carbons (Fsp3) is 0.364. The fourth-order valence-electron chi connectivity index (χ4n) is 3.89. The molecule has 1 amide bonds. The quantitative estimate of drug-likeness (QED) is 0.726. The molecule has 1 N–H and O–H groups in total. The van der Waals surface area contributed by atoms with Crippen LogP contribution in [-0.2, 0) is 30.7 Å². The van der Waals surface area contributed by atoms with Crippen molar-refractivity contribution in [3.63, 3.8) is 0 Å². The highest BCUT2D eigenvalue weighted by Gasteiger charge is 2.33. The Hall–Kier alpha value is -2.75. The Morgan fingerprint density at radius 3 is 2.35 bits per heavy atom. The normalized spacial score (nSPS) is 24.2. The van der Waals surface area contributed by atoms with E-state index in [1.165, 1.54) is 28.6 Å². The maximum absolute atomic E-state index is 12.9. The lowest BCUT2D eigenvalue weighted by Crippen LogP contribution is -2.48. The highest BCUT2D eigenvalue weighted by atomic mass is 32.2. The summed E-state index contributed by atoms with van der Waals surface area (Å²) >= 11 is 0. The van der Waals surface area contributed by atoms with E-state index in [1.54, 1.807) is 18.2 Å². The van der Waals surface area contributed by atoms with Crippen LogP contribution < -0.4 is 5.32 Å². The lowest BCUT2D eigenvalue weighted by Gasteiger charge is -2.34. The maximum atomic E-state index is 12.9. The molecule has 4 rings (SSSR count). The van der Waals surface area contributed by atoms with Crippen LogP contribution in [0.1, 0.15) is 29.8 Å². The van der Waals surface area contributed by atoms with Gasteiger partial charge in [-0.05, 0) is 49.7 Å². The minimum atomic E-state index is -3.66. The average Bonchev–Trinajstić information content (AvgIpc) is 2.73. The minimum absolute atomic E-state index is 0.143. The van der Waals surface area contributed by atoms with Gasteiger partial charge in [0.05, 0.1) is 22.7 Å². The second-order valence-electron chi connectivity index (χ2n) is 7.85. The second kappa shape index (κ2) is 8.41. The Bertz CT molecular complexity index is 1090. The largest absolute Gasteiger partial charge is 0.448 e. The van der Waals surface area contributed by atoms with Crippen LogP contribution in [0.25, 0.3) is 0 Å². The molecule has 2 heterocycles. The number of rotatable bonds is 4. The lowest BCUT2D eigenvalue weighted by molar-refractivity contribution is -0.125. The number of sulfonamides is 1. The summed E-state index contributed by atoms with van der Waals surface area (Å²) in [6.07, 6.45) is -1.02. The lowest BCUT2D eigenvalue weighted by atomic mass is 9.98. The number of hydrogen-bond donors (Lipinski definition) is 1. The van der Waals surface area contributed by atoms with Gasteiger partial charge in [-0.3, -0.25) is 4.79 Å². The average molecular weight is 445 g/mol. The number of carbonyl (C=O) groups excluding carboxylic acids is 2. The van der Waals surface area contributed by atoms with Gasteiger partial charge in [-0.1, -0.05) is 18.2 Å². The van der Waals surface area contributed by atoms with E-state index in [-0.39, 0.29) is 23.5 Å². The zero-order valence-electron chi connectivity index (χ0n) is 17.3. The maximum Gasteiger partial charge on any atom is 0.339 e. The van der Waals surface area contributed by atoms with Gasteiger partial charge < -0.3 is 14.8 Å². The first-order valence-electron chi connectivity index (χ1n) is 10.1. The first-order valence-corrected chi connectivity index (χ1v) is 11.5. The molecule has 2 aromatic rings. The number of amides is 1. The summed E-state index contributed by atoms with van der Waals surface area (Å²) in [6, 6.07) is 13.0. The summed E-state index contributed by atoms with van der Waals surface area (Å²) in [4.78, 5) is 24.9. The molecule has 8 nitrogen and oxygen atoms in total. The Labute approximate surface area is 181 Å². The predicted octanol–water partition coefficient (Wildman–Crippen LogP) is 2.20. The van der Waals surface area contributed by atoms with Crippen LogP contribution in [0.5, 0.6) is 0 Å². The van der Waals surface area contributed by atoms with Crippen molar-refractivity contribution in [2.24, 2.45) is 0 Å². The summed E-state index contributed by atoms with van der Waals surface area (Å²) in [7, 11) is -3.66. The summed E-state index contributed by atoms with van der Waals surface area (Å²) < 4.78 is 38.2. The Morgan fingerprint density at radius 2 is 1.68 bits per heavy atom. The number of fused-ring (bicyclic) bond motifs is 1. The smallest absolute Gasteiger partial charge is 0.339 e. The van der Waals surface area contributed by atoms with Crippen molar-refractivity contribution in [3.05, 3.63) is 59.7 Å². The summed E-state index contributed by atoms with van der Waals surface area (Å²) in [5, 5.41) is 2.69. The molecule has 1 fully saturated rings. The van der Waals surface area contributed by atoms with E-state index >= 15 is 0 Å². The highest BCUT2D eigenvalue weighted by Crippen LogP contribution is 2.24. The third-order valence-corrected chi connectivity index (χ3v) is 7.18. The van der Waals surface area contributed by atoms with E-state index in [2.05, 4.69) is 5.32 Å². The van der Waals surface area contributed by atoms with Gasteiger partial charge in [-0.25, -0.2) is 13.2 Å². The molecule has 2 aliphatic heterocycles. The molecular weight excluding hydrogens is 420 g/mol. The fourth-order valence-corrected chi connectivity index (χ4v) is 5.48. The Morgan fingerprint density at radius 1 is 1.03 bits per heavy atom. The molecule has 3 atom stereocenters. The van der Waals surface area contributed by atoms with E-state index in [0.717, 1.165) is 5.56 Å². The molecule has 0 aliphatic carbocycles. The number of esters is 1. The van der Waals surface area contributed by atoms with Crippen LogP contribution in [0.3, 0.4) is 0 Å². The number of cyclic esters (lactones) is 1. The van der Waals surface area contributed by atoms with E-state index in [1.807, 2.05) is 19.9 Å². The van der Waals surface area contributed by atoms with Gasteiger partial charge in [0.1, 0.15) is 0 Å². The molecule has 0 aromatic heterocycles. The minimum Gasteiger partial charge on any atom is -0.448 e. The van der Waals surface area contributed by atoms with Crippen molar-refractivity contribution >= 4 is 27.6 Å². The third-order valence-electron chi connectivity index (χ3n) is 5.33. The molecule has 1 saturated heterocycles. The van der Waals surface area contributed by atoms with Gasteiger partial charge >= 0.3 is 5.97 Å². The van der Waals surface area contributed by atoms with Gasteiger partial charge in [-0.2, -0.15) is 4.31 Å². The van der Waals surface area contributed by atoms with Crippen molar-refractivity contribution in [1.82, 2.24) is 4.31 Å². The number of hydrogen-bond acceptors (Lipinski definition) is 6. The Kier molecular flexibility index (Phi) is 5.83. The molecule has 2 aliphatic rings. The molecule has 164 valence electrons. The van der Waals surface area contributed by atoms with Gasteiger partial charge in [0, 0.05) is 25.2 Å². The van der Waals surface area contributed by atoms with E-state index < -0.39 is 28.0 Å². The number of carbonyl (C=O) groups is 2. The molecule has 2 aromatic carbocycles. The standard InChI is InChI=1S/C22H24N2O6S/c1-14-12-24(13-15(2)29-14)31(27,28)18-9-7-17(8-10-18)23-21(25)20-11-16-5-3-4-6-19(16)22(26)30-20/h3-10,14-15,20H,11-13H2,1-2H3,(H,23,25)/t14-,15-,20-/m1/s1. The molecule has 0 unspecified atom stereocenters. The van der Waals surface area contributed by atoms with Crippen LogP contribution in [0.4, 0.5) is 5.69 Å². The van der Waals surface area contributed by atoms with Crippen LogP contribution in [-0.4, -0.2) is 56.0 Å². The van der Waals surface area contributed by atoms with Crippen LogP contribution >= 0.6 is 0 Å². The molecule has 31 heavy (non-hydrogen) atoms. The SMILES string of the molecule is C[C@@H]1CN(S(=O)(=O)c2ccc(NC(=O)[C@H]3Cc4ccccc4C(=O)O3)cc2)C[C@@H](C)O1. The number of anilines is 1. The van der Waals surface area contributed by atoms with Crippen LogP contribution in [0.15, 0.2) is 53.4 Å². The topological polar surface area (TPSA) is 102 Å². The number of nitrogens with one attached hydrogen (secondary N) is 1. The van der Waals surface area contributed by atoms with Crippen molar-refractivity contribution in [2.75, 3.05) is 18.4 Å². The molecule has 0 spiro atoms. The monoisotopic (exact) mass is 444 g/mol. The van der Waals surface area contributed by atoms with Gasteiger partial charge in [0.2, 0.25) is 10.0 Å². The van der Waals surface area contributed by atoms with E-state index in [9.17, 15) is 18.0 Å². The first-order chi connectivity index (χ1) is 14.7. The Balaban J connectivity index is 1.44. The zero-order chi connectivity index (χ0) is 22.2. The van der Waals surface area contributed by atoms with E-state index in [4.69, 9.17) is 9.47 Å². The first kappa shape index (κ1) is 21.5.